The van der Waals surface area contributed by atoms with Crippen LogP contribution in [0.4, 0.5) is 17.1 Å². The Morgan fingerprint density at radius 3 is 1.76 bits per heavy atom. The van der Waals surface area contributed by atoms with Gasteiger partial charge in [0.1, 0.15) is 11.4 Å². The molecule has 0 aromatic heterocycles. The molecule has 0 radical (unpaired) electrons. The Balaban J connectivity index is 1.33. The molecule has 5 rings (SSSR count). The average Bonchev–Trinajstić information content (AvgIpc) is 3.15. The fraction of sp³-hybridized carbons (Fsp3) is 0.103. The first-order chi connectivity index (χ1) is 23.9. The summed E-state index contributed by atoms with van der Waals surface area (Å²) < 4.78 is 16.4. The first kappa shape index (κ1) is 34.3. The molecule has 0 atom stereocenters. The summed E-state index contributed by atoms with van der Waals surface area (Å²) in [5.41, 5.74) is 2.91. The summed E-state index contributed by atoms with van der Waals surface area (Å²) in [6.07, 6.45) is 1.51. The van der Waals surface area contributed by atoms with Crippen LogP contribution in [0.25, 0.3) is 6.08 Å². The van der Waals surface area contributed by atoms with Crippen LogP contribution in [0.2, 0.25) is 0 Å². The lowest BCUT2D eigenvalue weighted by atomic mass is 10.1. The smallest absolute Gasteiger partial charge is 0.272 e. The third-order valence-corrected chi connectivity index (χ3v) is 8.31. The summed E-state index contributed by atoms with van der Waals surface area (Å²) in [6, 6.07) is 38.0. The summed E-state index contributed by atoms with van der Waals surface area (Å²) in [5, 5.41) is 5.60. The average molecular weight is 674 g/mol. The predicted molar refractivity (Wildman–Crippen MR) is 194 cm³/mol. The van der Waals surface area contributed by atoms with E-state index in [1.54, 1.807) is 59.5 Å². The van der Waals surface area contributed by atoms with Crippen LogP contribution in [0.1, 0.15) is 15.9 Å². The number of rotatable bonds is 13. The highest BCUT2D eigenvalue weighted by atomic mass is 32.2. The van der Waals surface area contributed by atoms with Crippen LogP contribution in [0.3, 0.4) is 0 Å². The minimum Gasteiger partial charge on any atom is -0.496 e. The predicted octanol–water partition coefficient (Wildman–Crippen LogP) is 7.58. The number of amides is 3. The van der Waals surface area contributed by atoms with Gasteiger partial charge in [0.25, 0.3) is 11.8 Å². The van der Waals surface area contributed by atoms with Crippen molar-refractivity contribution in [2.45, 2.75) is 4.90 Å². The zero-order valence-electron chi connectivity index (χ0n) is 27.2. The molecular weight excluding hydrogens is 639 g/mol. The third-order valence-electron chi connectivity index (χ3n) is 7.32. The highest BCUT2D eigenvalue weighted by molar-refractivity contribution is 8.00. The van der Waals surface area contributed by atoms with Gasteiger partial charge >= 0.3 is 0 Å². The van der Waals surface area contributed by atoms with E-state index in [0.717, 1.165) is 16.3 Å². The quantitative estimate of drug-likeness (QED) is 0.0981. The van der Waals surface area contributed by atoms with E-state index in [2.05, 4.69) is 10.6 Å². The van der Waals surface area contributed by atoms with E-state index in [-0.39, 0.29) is 17.4 Å². The maximum absolute atomic E-state index is 13.7. The van der Waals surface area contributed by atoms with Gasteiger partial charge in [0.05, 0.1) is 27.1 Å². The number of carbonyl (C=O) groups excluding carboxylic acids is 3. The van der Waals surface area contributed by atoms with E-state index in [0.29, 0.717) is 34.1 Å². The van der Waals surface area contributed by atoms with Crippen molar-refractivity contribution in [1.82, 2.24) is 5.32 Å². The van der Waals surface area contributed by atoms with E-state index < -0.39 is 11.8 Å². The Morgan fingerprint density at radius 2 is 1.20 bits per heavy atom. The minimum absolute atomic E-state index is 0.0228. The molecule has 5 aromatic carbocycles. The second kappa shape index (κ2) is 16.7. The molecule has 0 heterocycles. The van der Waals surface area contributed by atoms with E-state index in [4.69, 9.17) is 14.2 Å². The Labute approximate surface area is 289 Å². The molecule has 248 valence electrons. The summed E-state index contributed by atoms with van der Waals surface area (Å²) in [5.74, 6) is 0.381. The number of methoxy groups -OCH3 is 3. The maximum atomic E-state index is 13.7. The normalized spacial score (nSPS) is 10.9. The minimum atomic E-state index is -0.557. The van der Waals surface area contributed by atoms with Crippen molar-refractivity contribution in [2.75, 3.05) is 37.3 Å². The van der Waals surface area contributed by atoms with Crippen molar-refractivity contribution in [3.8, 4) is 17.2 Å². The van der Waals surface area contributed by atoms with E-state index in [1.165, 1.54) is 39.2 Å². The molecule has 49 heavy (non-hydrogen) atoms. The number of para-hydroxylation sites is 2. The molecule has 9 nitrogen and oxygen atoms in total. The molecule has 0 saturated carbocycles. The number of benzene rings is 5. The number of nitrogens with one attached hydrogen (secondary N) is 2. The first-order valence-corrected chi connectivity index (χ1v) is 16.2. The van der Waals surface area contributed by atoms with E-state index in [9.17, 15) is 14.4 Å². The van der Waals surface area contributed by atoms with Gasteiger partial charge in [-0.15, -0.1) is 11.8 Å². The largest absolute Gasteiger partial charge is 0.496 e. The molecule has 0 bridgehead atoms. The zero-order valence-corrected chi connectivity index (χ0v) is 28.0. The highest BCUT2D eigenvalue weighted by Crippen LogP contribution is 2.36. The maximum Gasteiger partial charge on any atom is 0.272 e. The molecule has 0 aliphatic carbocycles. The van der Waals surface area contributed by atoms with Gasteiger partial charge in [0.2, 0.25) is 5.91 Å². The van der Waals surface area contributed by atoms with Crippen molar-refractivity contribution in [3.63, 3.8) is 0 Å². The summed E-state index contributed by atoms with van der Waals surface area (Å²) in [4.78, 5) is 42.8. The molecule has 5 aromatic rings. The molecule has 3 amide bonds. The van der Waals surface area contributed by atoms with Crippen LogP contribution in [0.5, 0.6) is 17.2 Å². The standard InChI is InChI=1S/C39H35N3O6S/c1-46-34-25-36(48-3)35(47-2)24-28(34)23-33(41-38(44)27-13-7-4-8-14-27)39(45)40-29-19-21-32(22-20-29)49-26-37(43)42(30-15-9-5-10-16-30)31-17-11-6-12-18-31/h4-25H,26H2,1-3H3,(H,40,45)(H,41,44)/b33-23-. The fourth-order valence-electron chi connectivity index (χ4n) is 4.90. The molecule has 0 spiro atoms. The Morgan fingerprint density at radius 1 is 0.673 bits per heavy atom. The van der Waals surface area contributed by atoms with Crippen molar-refractivity contribution in [3.05, 3.63) is 144 Å². The van der Waals surface area contributed by atoms with Gasteiger partial charge in [-0.2, -0.15) is 0 Å². The highest BCUT2D eigenvalue weighted by Gasteiger charge is 2.20. The lowest BCUT2D eigenvalue weighted by Gasteiger charge is -2.23. The number of thioether (sulfide) groups is 1. The van der Waals surface area contributed by atoms with Crippen LogP contribution >= 0.6 is 11.8 Å². The van der Waals surface area contributed by atoms with Gasteiger partial charge in [0, 0.05) is 39.2 Å². The van der Waals surface area contributed by atoms with Gasteiger partial charge in [-0.3, -0.25) is 19.3 Å². The molecule has 0 saturated heterocycles. The van der Waals surface area contributed by atoms with Crippen molar-refractivity contribution in [2.24, 2.45) is 0 Å². The number of carbonyl (C=O) groups is 3. The van der Waals surface area contributed by atoms with Crippen molar-refractivity contribution >= 4 is 52.6 Å². The van der Waals surface area contributed by atoms with Gasteiger partial charge < -0.3 is 24.8 Å². The summed E-state index contributed by atoms with van der Waals surface area (Å²) in [7, 11) is 4.51. The second-order valence-corrected chi connectivity index (χ2v) is 11.5. The lowest BCUT2D eigenvalue weighted by molar-refractivity contribution is -0.115. The molecule has 0 unspecified atom stereocenters. The summed E-state index contributed by atoms with van der Waals surface area (Å²) >= 11 is 1.39. The molecule has 0 aliphatic heterocycles. The van der Waals surface area contributed by atoms with E-state index in [1.807, 2.05) is 72.8 Å². The lowest BCUT2D eigenvalue weighted by Crippen LogP contribution is -2.30. The Hall–Kier alpha value is -6.00. The van der Waals surface area contributed by atoms with Crippen LogP contribution in [-0.2, 0) is 9.59 Å². The molecule has 2 N–H and O–H groups in total. The van der Waals surface area contributed by atoms with Gasteiger partial charge in [-0.05, 0) is 72.8 Å². The van der Waals surface area contributed by atoms with E-state index >= 15 is 0 Å². The van der Waals surface area contributed by atoms with Gasteiger partial charge in [0.15, 0.2) is 11.5 Å². The molecular formula is C39H35N3O6S. The Bertz CT molecular complexity index is 1880. The van der Waals surface area contributed by atoms with Crippen LogP contribution in [0, 0.1) is 0 Å². The second-order valence-electron chi connectivity index (χ2n) is 10.5. The monoisotopic (exact) mass is 673 g/mol. The number of ether oxygens (including phenoxy) is 3. The van der Waals surface area contributed by atoms with Crippen LogP contribution in [-0.4, -0.2) is 44.8 Å². The number of hydrogen-bond donors (Lipinski definition) is 2. The zero-order chi connectivity index (χ0) is 34.6. The Kier molecular flexibility index (Phi) is 11.7. The number of nitrogens with zero attached hydrogens (tertiary/aromatic N) is 1. The fourth-order valence-corrected chi connectivity index (χ4v) is 5.65. The first-order valence-electron chi connectivity index (χ1n) is 15.3. The van der Waals surface area contributed by atoms with Crippen LogP contribution in [0.15, 0.2) is 138 Å². The van der Waals surface area contributed by atoms with Gasteiger partial charge in [-0.25, -0.2) is 0 Å². The number of hydrogen-bond acceptors (Lipinski definition) is 7. The topological polar surface area (TPSA) is 106 Å². The molecule has 10 heteroatoms. The van der Waals surface area contributed by atoms with Crippen molar-refractivity contribution in [1.29, 1.82) is 0 Å². The van der Waals surface area contributed by atoms with Gasteiger partial charge in [-0.1, -0.05) is 54.6 Å². The molecule has 0 aliphatic rings. The summed E-state index contributed by atoms with van der Waals surface area (Å²) in [6.45, 7) is 0. The number of anilines is 3. The van der Waals surface area contributed by atoms with Crippen molar-refractivity contribution < 1.29 is 28.6 Å². The SMILES string of the molecule is COc1cc(OC)c(OC)cc1/C=C(\NC(=O)c1ccccc1)C(=O)Nc1ccc(SCC(=O)N(c2ccccc2)c2ccccc2)cc1. The third kappa shape index (κ3) is 8.88. The van der Waals surface area contributed by atoms with Crippen LogP contribution < -0.4 is 29.7 Å². The molecule has 0 fully saturated rings.